The van der Waals surface area contributed by atoms with Crippen molar-refractivity contribution in [1.82, 2.24) is 4.90 Å². The molecule has 3 aromatic carbocycles. The molecular weight excluding hydrogens is 488 g/mol. The van der Waals surface area contributed by atoms with Gasteiger partial charge in [-0.25, -0.2) is 4.39 Å². The van der Waals surface area contributed by atoms with Crippen LogP contribution in [0.25, 0.3) is 0 Å². The first-order valence-corrected chi connectivity index (χ1v) is 12.9. The molecule has 0 saturated carbocycles. The molecule has 0 spiro atoms. The SMILES string of the molecule is O=C(c1ccc(F)cc1)C1CCN(CCCN2c3ccccc3Sc3ccc(C(F)(F)F)cc32)CC1. The summed E-state index contributed by atoms with van der Waals surface area (Å²) in [6, 6.07) is 17.5. The molecule has 0 N–H and O–H groups in total. The predicted molar refractivity (Wildman–Crippen MR) is 134 cm³/mol. The molecule has 3 nitrogen and oxygen atoms in total. The molecule has 2 aliphatic heterocycles. The van der Waals surface area contributed by atoms with Crippen LogP contribution in [0.1, 0.15) is 35.2 Å². The highest BCUT2D eigenvalue weighted by Gasteiger charge is 2.33. The maximum absolute atomic E-state index is 13.4. The van der Waals surface area contributed by atoms with E-state index in [1.807, 2.05) is 29.2 Å². The average Bonchev–Trinajstić information content (AvgIpc) is 2.88. The fourth-order valence-electron chi connectivity index (χ4n) is 4.97. The molecule has 0 amide bonds. The lowest BCUT2D eigenvalue weighted by atomic mass is 9.89. The van der Waals surface area contributed by atoms with E-state index in [4.69, 9.17) is 0 Å². The molecule has 2 aliphatic rings. The number of fused-ring (bicyclic) bond motifs is 2. The zero-order valence-electron chi connectivity index (χ0n) is 19.6. The Hall–Kier alpha value is -2.84. The van der Waals surface area contributed by atoms with E-state index in [0.29, 0.717) is 17.8 Å². The molecule has 0 aliphatic carbocycles. The number of halogens is 4. The fraction of sp³-hybridized carbons (Fsp3) is 0.321. The lowest BCUT2D eigenvalue weighted by Crippen LogP contribution is -2.38. The Morgan fingerprint density at radius 2 is 1.58 bits per heavy atom. The number of anilines is 2. The van der Waals surface area contributed by atoms with E-state index in [2.05, 4.69) is 4.90 Å². The molecule has 1 fully saturated rings. The minimum atomic E-state index is -4.39. The Balaban J connectivity index is 1.22. The van der Waals surface area contributed by atoms with Gasteiger partial charge in [-0.3, -0.25) is 4.79 Å². The third-order valence-electron chi connectivity index (χ3n) is 6.90. The number of para-hydroxylation sites is 1. The zero-order valence-corrected chi connectivity index (χ0v) is 20.4. The fourth-order valence-corrected chi connectivity index (χ4v) is 6.04. The smallest absolute Gasteiger partial charge is 0.340 e. The van der Waals surface area contributed by atoms with E-state index in [1.54, 1.807) is 18.2 Å². The Kier molecular flexibility index (Phi) is 7.08. The zero-order chi connectivity index (χ0) is 25.3. The van der Waals surface area contributed by atoms with E-state index in [1.165, 1.54) is 30.0 Å². The van der Waals surface area contributed by atoms with Crippen LogP contribution in [-0.2, 0) is 6.18 Å². The maximum atomic E-state index is 13.4. The van der Waals surface area contributed by atoms with Crippen LogP contribution in [0.3, 0.4) is 0 Å². The quantitative estimate of drug-likeness (QED) is 0.252. The number of likely N-dealkylation sites (tertiary alicyclic amines) is 1. The highest BCUT2D eigenvalue weighted by atomic mass is 32.2. The predicted octanol–water partition coefficient (Wildman–Crippen LogP) is 7.43. The number of hydrogen-bond acceptors (Lipinski definition) is 4. The molecule has 0 bridgehead atoms. The Labute approximate surface area is 212 Å². The van der Waals surface area contributed by atoms with E-state index >= 15 is 0 Å². The number of hydrogen-bond donors (Lipinski definition) is 0. The van der Waals surface area contributed by atoms with Gasteiger partial charge in [-0.1, -0.05) is 23.9 Å². The van der Waals surface area contributed by atoms with E-state index in [-0.39, 0.29) is 17.5 Å². The molecule has 3 aromatic rings. The summed E-state index contributed by atoms with van der Waals surface area (Å²) in [5.41, 5.74) is 1.43. The first-order valence-electron chi connectivity index (χ1n) is 12.1. The number of nitrogens with zero attached hydrogens (tertiary/aromatic N) is 2. The van der Waals surface area contributed by atoms with Crippen molar-refractivity contribution in [3.05, 3.63) is 83.7 Å². The van der Waals surface area contributed by atoms with Crippen LogP contribution < -0.4 is 4.90 Å². The van der Waals surface area contributed by atoms with Gasteiger partial charge in [0.05, 0.1) is 16.9 Å². The number of benzene rings is 3. The molecule has 1 saturated heterocycles. The third-order valence-corrected chi connectivity index (χ3v) is 8.03. The molecule has 5 rings (SSSR count). The van der Waals surface area contributed by atoms with Crippen molar-refractivity contribution in [2.24, 2.45) is 5.92 Å². The number of rotatable bonds is 6. The van der Waals surface area contributed by atoms with Gasteiger partial charge in [-0.05, 0) is 93.5 Å². The number of carbonyl (C=O) groups is 1. The molecule has 0 radical (unpaired) electrons. The molecule has 2 heterocycles. The van der Waals surface area contributed by atoms with E-state index in [0.717, 1.165) is 60.4 Å². The number of ketones is 1. The summed E-state index contributed by atoms with van der Waals surface area (Å²) < 4.78 is 53.4. The van der Waals surface area contributed by atoms with Gasteiger partial charge in [-0.15, -0.1) is 0 Å². The molecule has 0 aromatic heterocycles. The van der Waals surface area contributed by atoms with Crippen molar-refractivity contribution in [2.45, 2.75) is 35.2 Å². The summed E-state index contributed by atoms with van der Waals surface area (Å²) >= 11 is 1.50. The first kappa shape index (κ1) is 24.8. The molecule has 8 heteroatoms. The minimum absolute atomic E-state index is 0.0640. The first-order chi connectivity index (χ1) is 17.3. The Morgan fingerprint density at radius 1 is 0.889 bits per heavy atom. The molecule has 188 valence electrons. The minimum Gasteiger partial charge on any atom is -0.340 e. The molecular formula is C28H26F4N2OS. The van der Waals surface area contributed by atoms with Gasteiger partial charge >= 0.3 is 6.18 Å². The third kappa shape index (κ3) is 5.30. The number of alkyl halides is 3. The lowest BCUT2D eigenvalue weighted by molar-refractivity contribution is -0.137. The van der Waals surface area contributed by atoms with E-state index in [9.17, 15) is 22.4 Å². The van der Waals surface area contributed by atoms with Gasteiger partial charge in [0.25, 0.3) is 0 Å². The van der Waals surface area contributed by atoms with Crippen LogP contribution in [0.2, 0.25) is 0 Å². The van der Waals surface area contributed by atoms with E-state index < -0.39 is 11.7 Å². The second kappa shape index (κ2) is 10.3. The lowest BCUT2D eigenvalue weighted by Gasteiger charge is -2.35. The van der Waals surface area contributed by atoms with Crippen LogP contribution in [-0.4, -0.2) is 36.9 Å². The van der Waals surface area contributed by atoms with Gasteiger partial charge < -0.3 is 9.80 Å². The normalized spacial score (nSPS) is 16.5. The second-order valence-electron chi connectivity index (χ2n) is 9.24. The van der Waals surface area contributed by atoms with Gasteiger partial charge in [0, 0.05) is 27.8 Å². The van der Waals surface area contributed by atoms with Gasteiger partial charge in [0.15, 0.2) is 5.78 Å². The molecule has 36 heavy (non-hydrogen) atoms. The van der Waals surface area contributed by atoms with Gasteiger partial charge in [0.2, 0.25) is 0 Å². The van der Waals surface area contributed by atoms with Gasteiger partial charge in [0.1, 0.15) is 5.82 Å². The van der Waals surface area contributed by atoms with Crippen molar-refractivity contribution in [1.29, 1.82) is 0 Å². The Bertz CT molecular complexity index is 1240. The molecule has 0 unspecified atom stereocenters. The standard InChI is InChI=1S/C28H26F4N2OS/c29-22-9-6-19(7-10-22)27(35)20-12-16-33(17-13-20)14-3-15-34-23-4-1-2-5-25(23)36-26-11-8-21(18-24(26)34)28(30,31)32/h1-2,4-11,18,20H,3,12-17H2. The van der Waals surface area contributed by atoms with Crippen LogP contribution in [0.4, 0.5) is 28.9 Å². The summed E-state index contributed by atoms with van der Waals surface area (Å²) in [6.07, 6.45) is -2.11. The summed E-state index contributed by atoms with van der Waals surface area (Å²) in [6.45, 7) is 2.98. The number of carbonyl (C=O) groups excluding carboxylic acids is 1. The van der Waals surface area contributed by atoms with Crippen molar-refractivity contribution in [3.63, 3.8) is 0 Å². The van der Waals surface area contributed by atoms with Crippen LogP contribution in [0.15, 0.2) is 76.5 Å². The summed E-state index contributed by atoms with van der Waals surface area (Å²) in [5, 5.41) is 0. The highest BCUT2D eigenvalue weighted by molar-refractivity contribution is 7.99. The van der Waals surface area contributed by atoms with Gasteiger partial charge in [-0.2, -0.15) is 13.2 Å². The van der Waals surface area contributed by atoms with Crippen molar-refractivity contribution in [2.75, 3.05) is 31.1 Å². The van der Waals surface area contributed by atoms with Crippen LogP contribution >= 0.6 is 11.8 Å². The highest BCUT2D eigenvalue weighted by Crippen LogP contribution is 2.49. The van der Waals surface area contributed by atoms with Crippen LogP contribution in [0, 0.1) is 11.7 Å². The molecule has 0 atom stereocenters. The van der Waals surface area contributed by atoms with Crippen molar-refractivity contribution in [3.8, 4) is 0 Å². The van der Waals surface area contributed by atoms with Crippen LogP contribution in [0.5, 0.6) is 0 Å². The second-order valence-corrected chi connectivity index (χ2v) is 10.3. The topological polar surface area (TPSA) is 23.6 Å². The average molecular weight is 515 g/mol. The number of piperidine rings is 1. The number of Topliss-reactive ketones (excluding diaryl/α,β-unsaturated/α-hetero) is 1. The monoisotopic (exact) mass is 514 g/mol. The van der Waals surface area contributed by atoms with Crippen molar-refractivity contribution < 1.29 is 22.4 Å². The maximum Gasteiger partial charge on any atom is 0.416 e. The summed E-state index contributed by atoms with van der Waals surface area (Å²) in [7, 11) is 0. The summed E-state index contributed by atoms with van der Waals surface area (Å²) in [4.78, 5) is 18.9. The summed E-state index contributed by atoms with van der Waals surface area (Å²) in [5.74, 6) is -0.354. The van der Waals surface area contributed by atoms with Crippen molar-refractivity contribution >= 4 is 28.9 Å². The Morgan fingerprint density at radius 3 is 2.31 bits per heavy atom. The largest absolute Gasteiger partial charge is 0.416 e.